The Morgan fingerprint density at radius 2 is 1.23 bits per heavy atom. The zero-order valence-electron chi connectivity index (χ0n) is 37.0. The van der Waals surface area contributed by atoms with E-state index in [1.165, 1.54) is 31.4 Å². The average Bonchev–Trinajstić information content (AvgIpc) is 4.05. The van der Waals surface area contributed by atoms with Crippen LogP contribution in [0.25, 0.3) is 22.1 Å². The number of carboxylic acids is 1. The van der Waals surface area contributed by atoms with Gasteiger partial charge in [-0.2, -0.15) is 10.2 Å². The van der Waals surface area contributed by atoms with Gasteiger partial charge in [-0.25, -0.2) is 9.97 Å². The highest BCUT2D eigenvalue weighted by Crippen LogP contribution is 2.33. The summed E-state index contributed by atoms with van der Waals surface area (Å²) in [6.07, 6.45) is 3.35. The quantitative estimate of drug-likeness (QED) is 0.0324. The number of carbonyl (C=O) groups excluding carboxylic acids is 5. The van der Waals surface area contributed by atoms with E-state index < -0.39 is 41.6 Å². The van der Waals surface area contributed by atoms with Crippen molar-refractivity contribution in [3.05, 3.63) is 82.5 Å². The predicted octanol–water partition coefficient (Wildman–Crippen LogP) is 2.91. The Morgan fingerprint density at radius 3 is 1.68 bits per heavy atom. The number of methoxy groups -OCH3 is 1. The standard InChI is InChI=1S/C43H51N13O10/c1-6-55-30(17-23(3)51-55)39(61)49-42-47-28-19-25(37(45)59)21-32(64-5)35(28)53(42)13-8-9-14-54-36-29(48-43(54)50-40(62)31-18-24(4)52-56(31)7-2)20-26(38(46)60)22-33(36)65-15-10-16-66-41(63)27(44)11-12-34(57)58/h8-9,17-22,27H,6-7,10-16,44H2,1-5H3,(H2,45,59)(H2,46,60)(H,57,58)(H,47,49,61)(H,48,50,62)/b9-8+/t27-/m0/s1. The Morgan fingerprint density at radius 1 is 0.742 bits per heavy atom. The number of nitrogens with zero attached hydrogens (tertiary/aromatic N) is 8. The molecule has 0 aliphatic rings. The molecule has 0 aliphatic heterocycles. The van der Waals surface area contributed by atoms with Crippen LogP contribution in [0, 0.1) is 13.8 Å². The van der Waals surface area contributed by atoms with Gasteiger partial charge in [-0.05, 0) is 70.5 Å². The molecule has 23 nitrogen and oxygen atoms in total. The predicted molar refractivity (Wildman–Crippen MR) is 239 cm³/mol. The van der Waals surface area contributed by atoms with Gasteiger partial charge in [0.25, 0.3) is 11.8 Å². The summed E-state index contributed by atoms with van der Waals surface area (Å²) in [5.74, 6) is -3.64. The number of hydrogen-bond donors (Lipinski definition) is 6. The van der Waals surface area contributed by atoms with Crippen molar-refractivity contribution in [3.8, 4) is 11.5 Å². The molecule has 4 amide bonds. The molecule has 348 valence electrons. The first-order chi connectivity index (χ1) is 31.5. The second-order valence-electron chi connectivity index (χ2n) is 15.0. The summed E-state index contributed by atoms with van der Waals surface area (Å²) in [6, 6.07) is 8.07. The van der Waals surface area contributed by atoms with E-state index >= 15 is 0 Å². The van der Waals surface area contributed by atoms with Crippen molar-refractivity contribution in [1.29, 1.82) is 0 Å². The fourth-order valence-corrected chi connectivity index (χ4v) is 7.10. The number of carbonyl (C=O) groups is 6. The van der Waals surface area contributed by atoms with Gasteiger partial charge in [0, 0.05) is 50.1 Å². The molecule has 4 aromatic heterocycles. The summed E-state index contributed by atoms with van der Waals surface area (Å²) in [7, 11) is 1.43. The molecule has 6 rings (SSSR count). The smallest absolute Gasteiger partial charge is 0.322 e. The van der Waals surface area contributed by atoms with Crippen LogP contribution < -0.4 is 37.3 Å². The van der Waals surface area contributed by atoms with Crippen molar-refractivity contribution >= 4 is 69.5 Å². The fourth-order valence-electron chi connectivity index (χ4n) is 7.10. The van der Waals surface area contributed by atoms with E-state index in [2.05, 4.69) is 25.8 Å². The van der Waals surface area contributed by atoms with Crippen molar-refractivity contribution in [2.75, 3.05) is 31.0 Å². The second kappa shape index (κ2) is 20.6. The summed E-state index contributed by atoms with van der Waals surface area (Å²) in [4.78, 5) is 84.8. The molecule has 66 heavy (non-hydrogen) atoms. The summed E-state index contributed by atoms with van der Waals surface area (Å²) >= 11 is 0. The second-order valence-corrected chi connectivity index (χ2v) is 15.0. The first kappa shape index (κ1) is 47.4. The first-order valence-electron chi connectivity index (χ1n) is 20.9. The number of anilines is 2. The van der Waals surface area contributed by atoms with Crippen LogP contribution in [0.5, 0.6) is 11.5 Å². The number of aliphatic carboxylic acids is 1. The van der Waals surface area contributed by atoms with E-state index in [9.17, 15) is 28.8 Å². The lowest BCUT2D eigenvalue weighted by Gasteiger charge is -2.14. The highest BCUT2D eigenvalue weighted by molar-refractivity contribution is 6.05. The van der Waals surface area contributed by atoms with E-state index in [1.54, 1.807) is 56.6 Å². The van der Waals surface area contributed by atoms with Crippen LogP contribution in [0.1, 0.15) is 86.2 Å². The largest absolute Gasteiger partial charge is 0.494 e. The topological polar surface area (TPSA) is 324 Å². The van der Waals surface area contributed by atoms with Crippen molar-refractivity contribution in [2.45, 2.75) is 79.2 Å². The van der Waals surface area contributed by atoms with Crippen molar-refractivity contribution in [2.24, 2.45) is 17.2 Å². The van der Waals surface area contributed by atoms with Gasteiger partial charge in [-0.1, -0.05) is 12.2 Å². The van der Waals surface area contributed by atoms with E-state index in [1.807, 2.05) is 13.8 Å². The molecule has 23 heteroatoms. The molecule has 0 saturated heterocycles. The van der Waals surface area contributed by atoms with E-state index in [-0.39, 0.29) is 91.3 Å². The van der Waals surface area contributed by atoms with Gasteiger partial charge in [0.2, 0.25) is 23.7 Å². The number of aromatic nitrogens is 8. The zero-order chi connectivity index (χ0) is 47.8. The highest BCUT2D eigenvalue weighted by Gasteiger charge is 2.24. The molecule has 1 atom stereocenters. The minimum Gasteiger partial charge on any atom is -0.494 e. The summed E-state index contributed by atoms with van der Waals surface area (Å²) < 4.78 is 23.5. The number of hydrogen-bond acceptors (Lipinski definition) is 14. The van der Waals surface area contributed by atoms with Crippen molar-refractivity contribution < 1.29 is 48.1 Å². The van der Waals surface area contributed by atoms with Gasteiger partial charge in [0.15, 0.2) is 0 Å². The average molecular weight is 910 g/mol. The van der Waals surface area contributed by atoms with E-state index in [4.69, 9.17) is 41.5 Å². The maximum Gasteiger partial charge on any atom is 0.322 e. The molecule has 2 aromatic carbocycles. The summed E-state index contributed by atoms with van der Waals surface area (Å²) in [5, 5.41) is 23.4. The molecule has 9 N–H and O–H groups in total. The number of esters is 1. The molecule has 0 fully saturated rings. The molecule has 0 spiro atoms. The Bertz CT molecular complexity index is 2870. The van der Waals surface area contributed by atoms with Gasteiger partial charge >= 0.3 is 11.9 Å². The molecule has 0 radical (unpaired) electrons. The number of fused-ring (bicyclic) bond motifs is 2. The number of primary amides is 2. The fraction of sp³-hybridized carbons (Fsp3) is 0.349. The SMILES string of the molecule is CCn1nc(C)cc1C(=O)Nc1nc2cc(C(N)=O)cc(OC)c2n1C/C=C/Cn1c(NC(=O)c2cc(C)nn2CC)nc2cc(C(N)=O)cc(OCCCOC(=O)[C@@H](N)CCC(=O)O)c21. The van der Waals surface area contributed by atoms with Gasteiger partial charge in [-0.15, -0.1) is 0 Å². The number of imidazole rings is 2. The third-order valence-corrected chi connectivity index (χ3v) is 10.2. The van der Waals surface area contributed by atoms with Crippen LogP contribution >= 0.6 is 0 Å². The molecule has 6 aromatic rings. The molecule has 4 heterocycles. The van der Waals surface area contributed by atoms with Crippen LogP contribution in [0.3, 0.4) is 0 Å². The van der Waals surface area contributed by atoms with Gasteiger partial charge < -0.3 is 45.7 Å². The number of nitrogens with two attached hydrogens (primary N) is 3. The summed E-state index contributed by atoms with van der Waals surface area (Å²) in [6.45, 7) is 8.14. The number of benzene rings is 2. The molecular formula is C43H51N13O10. The lowest BCUT2D eigenvalue weighted by molar-refractivity contribution is -0.146. The summed E-state index contributed by atoms with van der Waals surface area (Å²) in [5.41, 5.74) is 20.6. The molecule has 0 bridgehead atoms. The van der Waals surface area contributed by atoms with Crippen LogP contribution in [-0.4, -0.2) is 106 Å². The number of allylic oxidation sites excluding steroid dienone is 2. The Hall–Kier alpha value is -8.08. The number of carboxylic acid groups (broad SMARTS) is 1. The van der Waals surface area contributed by atoms with E-state index in [0.29, 0.717) is 46.7 Å². The molecule has 0 saturated carbocycles. The third kappa shape index (κ3) is 10.6. The Kier molecular flexibility index (Phi) is 14.8. The zero-order valence-corrected chi connectivity index (χ0v) is 37.0. The number of nitrogens with one attached hydrogen (secondary N) is 2. The number of ether oxygens (including phenoxy) is 3. The van der Waals surface area contributed by atoms with Crippen LogP contribution in [0.2, 0.25) is 0 Å². The minimum absolute atomic E-state index is 0.0211. The van der Waals surface area contributed by atoms with Crippen LogP contribution in [0.4, 0.5) is 11.9 Å². The first-order valence-corrected chi connectivity index (χ1v) is 20.9. The van der Waals surface area contributed by atoms with Crippen LogP contribution in [0.15, 0.2) is 48.6 Å². The number of rotatable bonds is 22. The van der Waals surface area contributed by atoms with Crippen LogP contribution in [-0.2, 0) is 40.5 Å². The molecular weight excluding hydrogens is 859 g/mol. The van der Waals surface area contributed by atoms with Crippen molar-refractivity contribution in [1.82, 2.24) is 38.7 Å². The Balaban J connectivity index is 1.35. The van der Waals surface area contributed by atoms with Gasteiger partial charge in [0.1, 0.15) is 40.0 Å². The molecule has 0 unspecified atom stereocenters. The van der Waals surface area contributed by atoms with Crippen molar-refractivity contribution in [3.63, 3.8) is 0 Å². The minimum atomic E-state index is -1.11. The van der Waals surface area contributed by atoms with E-state index in [0.717, 1.165) is 0 Å². The monoisotopic (exact) mass is 909 g/mol. The Labute approximate surface area is 376 Å². The molecule has 0 aliphatic carbocycles. The lowest BCUT2D eigenvalue weighted by atomic mass is 10.1. The third-order valence-electron chi connectivity index (χ3n) is 10.2. The lowest BCUT2D eigenvalue weighted by Crippen LogP contribution is -2.33. The van der Waals surface area contributed by atoms with Gasteiger partial charge in [-0.3, -0.25) is 48.8 Å². The van der Waals surface area contributed by atoms with Gasteiger partial charge in [0.05, 0.1) is 42.7 Å². The number of amides is 4. The maximum atomic E-state index is 13.8. The number of aryl methyl sites for hydroxylation is 4. The maximum absolute atomic E-state index is 13.8. The highest BCUT2D eigenvalue weighted by atomic mass is 16.5. The normalized spacial score (nSPS) is 11.8.